The van der Waals surface area contributed by atoms with E-state index in [1.165, 1.54) is 0 Å². The van der Waals surface area contributed by atoms with Crippen LogP contribution in [0.1, 0.15) is 0 Å². The number of benzene rings is 2. The maximum absolute atomic E-state index is 14.3. The average Bonchev–Trinajstić information content (AvgIpc) is 2.89. The molecule has 1 heterocycles. The molecule has 3 nitrogen and oxygen atoms in total. The van der Waals surface area contributed by atoms with Crippen molar-refractivity contribution in [3.05, 3.63) is 42.5 Å². The number of hydrogen-bond acceptors (Lipinski definition) is 3. The second-order valence-electron chi connectivity index (χ2n) is 4.08. The molecule has 0 aliphatic heterocycles. The van der Waals surface area contributed by atoms with Gasteiger partial charge in [0.15, 0.2) is 0 Å². The SMILES string of the molecule is COc1ccc2[nH]cnc2c1-c1cccc(S)c1F. The van der Waals surface area contributed by atoms with Crippen LogP contribution >= 0.6 is 12.6 Å². The van der Waals surface area contributed by atoms with Gasteiger partial charge in [-0.15, -0.1) is 12.6 Å². The minimum atomic E-state index is -0.375. The van der Waals surface area contributed by atoms with Crippen molar-refractivity contribution >= 4 is 23.7 Å². The Balaban J connectivity index is 2.40. The van der Waals surface area contributed by atoms with Gasteiger partial charge in [0.25, 0.3) is 0 Å². The second-order valence-corrected chi connectivity index (χ2v) is 4.56. The number of H-pyrrole nitrogens is 1. The molecule has 1 N–H and O–H groups in total. The summed E-state index contributed by atoms with van der Waals surface area (Å²) < 4.78 is 19.6. The first-order valence-electron chi connectivity index (χ1n) is 5.70. The highest BCUT2D eigenvalue weighted by atomic mass is 32.1. The van der Waals surface area contributed by atoms with E-state index in [9.17, 15) is 4.39 Å². The predicted octanol–water partition coefficient (Wildman–Crippen LogP) is 3.67. The van der Waals surface area contributed by atoms with Gasteiger partial charge in [0.1, 0.15) is 11.6 Å². The van der Waals surface area contributed by atoms with Crippen LogP contribution in [0.3, 0.4) is 0 Å². The normalized spacial score (nSPS) is 10.9. The van der Waals surface area contributed by atoms with E-state index < -0.39 is 0 Å². The van der Waals surface area contributed by atoms with Crippen LogP contribution in [0, 0.1) is 5.82 Å². The number of aromatic nitrogens is 2. The Kier molecular flexibility index (Phi) is 2.91. The molecule has 96 valence electrons. The molecule has 0 radical (unpaired) electrons. The van der Waals surface area contributed by atoms with Crippen molar-refractivity contribution < 1.29 is 9.13 Å². The molecule has 3 rings (SSSR count). The molecule has 2 aromatic carbocycles. The van der Waals surface area contributed by atoms with E-state index in [1.54, 1.807) is 37.7 Å². The lowest BCUT2D eigenvalue weighted by molar-refractivity contribution is 0.416. The van der Waals surface area contributed by atoms with Gasteiger partial charge in [-0.1, -0.05) is 12.1 Å². The van der Waals surface area contributed by atoms with Gasteiger partial charge < -0.3 is 9.72 Å². The number of imidazole rings is 1. The lowest BCUT2D eigenvalue weighted by Gasteiger charge is -2.11. The molecular weight excluding hydrogens is 263 g/mol. The summed E-state index contributed by atoms with van der Waals surface area (Å²) in [7, 11) is 1.56. The molecule has 0 saturated carbocycles. The van der Waals surface area contributed by atoms with E-state index in [4.69, 9.17) is 4.74 Å². The fraction of sp³-hybridized carbons (Fsp3) is 0.0714. The fourth-order valence-electron chi connectivity index (χ4n) is 2.13. The third-order valence-electron chi connectivity index (χ3n) is 3.02. The van der Waals surface area contributed by atoms with Crippen LogP contribution in [-0.2, 0) is 0 Å². The van der Waals surface area contributed by atoms with Gasteiger partial charge in [-0.05, 0) is 18.2 Å². The van der Waals surface area contributed by atoms with E-state index in [0.717, 1.165) is 5.52 Å². The average molecular weight is 274 g/mol. The summed E-state index contributed by atoms with van der Waals surface area (Å²) >= 11 is 4.12. The number of halogens is 1. The third-order valence-corrected chi connectivity index (χ3v) is 3.37. The number of aromatic amines is 1. The summed E-state index contributed by atoms with van der Waals surface area (Å²) in [6.45, 7) is 0. The molecule has 0 atom stereocenters. The van der Waals surface area contributed by atoms with Gasteiger partial charge in [-0.2, -0.15) is 0 Å². The molecule has 0 aliphatic rings. The van der Waals surface area contributed by atoms with Gasteiger partial charge >= 0.3 is 0 Å². The molecule has 0 fully saturated rings. The van der Waals surface area contributed by atoms with Crippen LogP contribution in [0.4, 0.5) is 4.39 Å². The highest BCUT2D eigenvalue weighted by Gasteiger charge is 2.17. The number of nitrogens with one attached hydrogen (secondary N) is 1. The van der Waals surface area contributed by atoms with Gasteiger partial charge in [0, 0.05) is 10.5 Å². The molecule has 0 amide bonds. The largest absolute Gasteiger partial charge is 0.496 e. The van der Waals surface area contributed by atoms with E-state index in [2.05, 4.69) is 22.6 Å². The Bertz CT molecular complexity index is 754. The van der Waals surface area contributed by atoms with Gasteiger partial charge in [0.05, 0.1) is 30.0 Å². The molecule has 0 bridgehead atoms. The number of rotatable bonds is 2. The number of methoxy groups -OCH3 is 1. The molecule has 1 aromatic heterocycles. The smallest absolute Gasteiger partial charge is 0.144 e. The zero-order valence-electron chi connectivity index (χ0n) is 10.1. The van der Waals surface area contributed by atoms with Crippen LogP contribution in [0.2, 0.25) is 0 Å². The van der Waals surface area contributed by atoms with Crippen molar-refractivity contribution in [3.63, 3.8) is 0 Å². The first-order chi connectivity index (χ1) is 9.22. The molecule has 0 unspecified atom stereocenters. The molecule has 19 heavy (non-hydrogen) atoms. The summed E-state index contributed by atoms with van der Waals surface area (Å²) in [4.78, 5) is 7.55. The monoisotopic (exact) mass is 274 g/mol. The summed E-state index contributed by atoms with van der Waals surface area (Å²) in [6, 6.07) is 8.71. The van der Waals surface area contributed by atoms with Crippen LogP contribution in [-0.4, -0.2) is 17.1 Å². The standard InChI is InChI=1S/C14H11FN2OS/c1-18-10-6-5-9-14(17-7-16-9)12(10)8-3-2-4-11(19)13(8)15/h2-7,19H,1H3,(H,16,17). The quantitative estimate of drug-likeness (QED) is 0.700. The molecule has 5 heteroatoms. The molecule has 0 spiro atoms. The van der Waals surface area contributed by atoms with Crippen LogP contribution in [0.25, 0.3) is 22.2 Å². The van der Waals surface area contributed by atoms with Crippen molar-refractivity contribution in [2.75, 3.05) is 7.11 Å². The Hall–Kier alpha value is -2.01. The van der Waals surface area contributed by atoms with Crippen molar-refractivity contribution in [2.45, 2.75) is 4.90 Å². The number of hydrogen-bond donors (Lipinski definition) is 2. The summed E-state index contributed by atoms with van der Waals surface area (Å²) in [5.74, 6) is 0.206. The van der Waals surface area contributed by atoms with E-state index in [1.807, 2.05) is 6.07 Å². The summed E-state index contributed by atoms with van der Waals surface area (Å²) in [5, 5.41) is 0. The maximum atomic E-state index is 14.3. The summed E-state index contributed by atoms with van der Waals surface area (Å²) in [6.07, 6.45) is 1.58. The third kappa shape index (κ3) is 1.86. The van der Waals surface area contributed by atoms with Gasteiger partial charge in [-0.3, -0.25) is 0 Å². The highest BCUT2D eigenvalue weighted by molar-refractivity contribution is 7.80. The number of nitrogens with zero attached hydrogens (tertiary/aromatic N) is 1. The molecule has 3 aromatic rings. The lowest BCUT2D eigenvalue weighted by atomic mass is 10.0. The van der Waals surface area contributed by atoms with Crippen LogP contribution in [0.15, 0.2) is 41.6 Å². The Labute approximate surface area is 114 Å². The molecular formula is C14H11FN2OS. The molecule has 0 aliphatic carbocycles. The maximum Gasteiger partial charge on any atom is 0.144 e. The minimum absolute atomic E-state index is 0.298. The van der Waals surface area contributed by atoms with E-state index in [-0.39, 0.29) is 5.82 Å². The van der Waals surface area contributed by atoms with E-state index in [0.29, 0.717) is 27.3 Å². The first-order valence-corrected chi connectivity index (χ1v) is 6.15. The second kappa shape index (κ2) is 4.59. The first kappa shape index (κ1) is 12.0. The summed E-state index contributed by atoms with van der Waals surface area (Å²) in [5.41, 5.74) is 2.58. The van der Waals surface area contributed by atoms with Crippen molar-refractivity contribution in [3.8, 4) is 16.9 Å². The Morgan fingerprint density at radius 1 is 1.26 bits per heavy atom. The highest BCUT2D eigenvalue weighted by Crippen LogP contribution is 2.38. The Morgan fingerprint density at radius 3 is 2.89 bits per heavy atom. The fourth-order valence-corrected chi connectivity index (χ4v) is 2.34. The number of fused-ring (bicyclic) bond motifs is 1. The zero-order valence-corrected chi connectivity index (χ0v) is 11.0. The van der Waals surface area contributed by atoms with Gasteiger partial charge in [0.2, 0.25) is 0 Å². The van der Waals surface area contributed by atoms with Gasteiger partial charge in [-0.25, -0.2) is 9.37 Å². The van der Waals surface area contributed by atoms with Crippen LogP contribution in [0.5, 0.6) is 5.75 Å². The molecule has 0 saturated heterocycles. The topological polar surface area (TPSA) is 37.9 Å². The van der Waals surface area contributed by atoms with Crippen molar-refractivity contribution in [1.29, 1.82) is 0 Å². The number of thiol groups is 1. The number of ether oxygens (including phenoxy) is 1. The minimum Gasteiger partial charge on any atom is -0.496 e. The Morgan fingerprint density at radius 2 is 2.11 bits per heavy atom. The van der Waals surface area contributed by atoms with Crippen molar-refractivity contribution in [2.24, 2.45) is 0 Å². The van der Waals surface area contributed by atoms with Crippen LogP contribution < -0.4 is 4.74 Å². The zero-order chi connectivity index (χ0) is 13.4. The predicted molar refractivity (Wildman–Crippen MR) is 75.3 cm³/mol. The lowest BCUT2D eigenvalue weighted by Crippen LogP contribution is -1.93. The van der Waals surface area contributed by atoms with Crippen molar-refractivity contribution in [1.82, 2.24) is 9.97 Å². The van der Waals surface area contributed by atoms with E-state index >= 15 is 0 Å².